The Morgan fingerprint density at radius 2 is 1.85 bits per heavy atom. The van der Waals surface area contributed by atoms with E-state index in [0.717, 1.165) is 53.5 Å². The number of likely N-dealkylation sites (tertiary alicyclic amines) is 1. The molecule has 198 valence electrons. The summed E-state index contributed by atoms with van der Waals surface area (Å²) < 4.78 is 39.4. The average molecular weight is 543 g/mol. The van der Waals surface area contributed by atoms with Gasteiger partial charge in [0.05, 0.1) is 27.4 Å². The summed E-state index contributed by atoms with van der Waals surface area (Å²) in [4.78, 5) is 19.4. The van der Waals surface area contributed by atoms with Crippen molar-refractivity contribution in [3.63, 3.8) is 0 Å². The predicted octanol–water partition coefficient (Wildman–Crippen LogP) is 5.66. The molecule has 0 bridgehead atoms. The van der Waals surface area contributed by atoms with Gasteiger partial charge in [0.2, 0.25) is 0 Å². The summed E-state index contributed by atoms with van der Waals surface area (Å²) in [7, 11) is -2.77. The van der Waals surface area contributed by atoms with Gasteiger partial charge in [-0.15, -0.1) is 3.89 Å². The van der Waals surface area contributed by atoms with Crippen LogP contribution in [0.15, 0.2) is 64.3 Å². The lowest BCUT2D eigenvalue weighted by atomic mass is 9.94. The molecule has 0 atom stereocenters. The number of nitriles is 1. The van der Waals surface area contributed by atoms with Gasteiger partial charge in [0.15, 0.2) is 5.43 Å². The molecule has 3 heterocycles. The van der Waals surface area contributed by atoms with E-state index < -0.39 is 15.1 Å². The van der Waals surface area contributed by atoms with Gasteiger partial charge in [-0.2, -0.15) is 13.7 Å². The molecule has 1 saturated heterocycles. The van der Waals surface area contributed by atoms with Crippen LogP contribution in [0.3, 0.4) is 0 Å². The van der Waals surface area contributed by atoms with E-state index in [2.05, 4.69) is 27.6 Å². The molecule has 0 saturated carbocycles. The summed E-state index contributed by atoms with van der Waals surface area (Å²) in [6.07, 6.45) is 2.38. The molecule has 0 radical (unpaired) electrons. The highest BCUT2D eigenvalue weighted by atomic mass is 32.3. The van der Waals surface area contributed by atoms with Crippen molar-refractivity contribution in [1.29, 1.82) is 5.26 Å². The fourth-order valence-corrected chi connectivity index (χ4v) is 6.45. The summed E-state index contributed by atoms with van der Waals surface area (Å²) >= 11 is 0. The second-order valence-corrected chi connectivity index (χ2v) is 11.6. The van der Waals surface area contributed by atoms with E-state index in [1.807, 2.05) is 25.1 Å². The molecule has 0 spiro atoms. The Kier molecular flexibility index (Phi) is 6.05. The van der Waals surface area contributed by atoms with Crippen molar-refractivity contribution in [1.82, 2.24) is 14.5 Å². The molecule has 6 rings (SSSR count). The van der Waals surface area contributed by atoms with E-state index in [4.69, 9.17) is 0 Å². The van der Waals surface area contributed by atoms with Crippen molar-refractivity contribution in [2.45, 2.75) is 37.1 Å². The maximum atomic E-state index is 14.1. The zero-order chi connectivity index (χ0) is 27.5. The van der Waals surface area contributed by atoms with Crippen LogP contribution < -0.4 is 5.43 Å². The number of pyridine rings is 1. The molecule has 5 aromatic rings. The van der Waals surface area contributed by atoms with Crippen LogP contribution in [0, 0.1) is 11.3 Å². The zero-order valence-electron chi connectivity index (χ0n) is 21.7. The minimum absolute atomic E-state index is 0.0959. The number of halogens is 1. The number of aromatic amines is 1. The number of fused-ring (bicyclic) bond motifs is 4. The van der Waals surface area contributed by atoms with Crippen LogP contribution in [0.1, 0.15) is 36.9 Å². The van der Waals surface area contributed by atoms with Crippen LogP contribution in [-0.4, -0.2) is 43.0 Å². The lowest BCUT2D eigenvalue weighted by Gasteiger charge is -2.32. The molecule has 1 aliphatic heterocycles. The Morgan fingerprint density at radius 1 is 1.08 bits per heavy atom. The quantitative estimate of drug-likeness (QED) is 0.296. The third-order valence-corrected chi connectivity index (χ3v) is 8.78. The SMILES string of the molecule is CCc1cc2c(=O)c3c4ccc(C#N)cc4[nH]c3n(C3CCN(C)CC3)c2cc1-c1cccc(S(=O)(=O)F)c1. The molecule has 7 nitrogen and oxygen atoms in total. The second kappa shape index (κ2) is 9.33. The van der Waals surface area contributed by atoms with Crippen molar-refractivity contribution >= 4 is 43.1 Å². The standard InChI is InChI=1S/C30H27FN4O3S/c1-3-19-15-25-27(16-24(19)20-5-4-6-22(14-20)39(31,37)38)35(21-9-11-34(2)12-10-21)30-28(29(25)36)23-8-7-18(17-32)13-26(23)33-30/h4-8,13-16,21,33H,3,9-12H2,1-2H3. The Balaban J connectivity index is 1.73. The van der Waals surface area contributed by atoms with E-state index in [1.165, 1.54) is 18.2 Å². The molecule has 2 aromatic heterocycles. The first-order valence-corrected chi connectivity index (χ1v) is 14.4. The predicted molar refractivity (Wildman–Crippen MR) is 151 cm³/mol. The zero-order valence-corrected chi connectivity index (χ0v) is 22.5. The van der Waals surface area contributed by atoms with Crippen LogP contribution in [-0.2, 0) is 16.6 Å². The van der Waals surface area contributed by atoms with Gasteiger partial charge in [0, 0.05) is 22.3 Å². The number of nitrogens with one attached hydrogen (secondary N) is 1. The van der Waals surface area contributed by atoms with Gasteiger partial charge in [-0.25, -0.2) is 0 Å². The molecule has 1 N–H and O–H groups in total. The number of H-pyrrole nitrogens is 1. The van der Waals surface area contributed by atoms with Gasteiger partial charge >= 0.3 is 10.2 Å². The lowest BCUT2D eigenvalue weighted by Crippen LogP contribution is -2.32. The van der Waals surface area contributed by atoms with E-state index in [0.29, 0.717) is 34.0 Å². The molecule has 1 aliphatic rings. The van der Waals surface area contributed by atoms with Gasteiger partial charge in [-0.1, -0.05) is 25.1 Å². The van der Waals surface area contributed by atoms with Crippen LogP contribution >= 0.6 is 0 Å². The van der Waals surface area contributed by atoms with Crippen molar-refractivity contribution in [3.8, 4) is 17.2 Å². The number of piperidine rings is 1. The molecular weight excluding hydrogens is 515 g/mol. The fourth-order valence-electron chi connectivity index (χ4n) is 5.94. The van der Waals surface area contributed by atoms with E-state index in [-0.39, 0.29) is 11.5 Å². The maximum absolute atomic E-state index is 14.1. The van der Waals surface area contributed by atoms with Crippen molar-refractivity contribution in [2.75, 3.05) is 20.1 Å². The van der Waals surface area contributed by atoms with Gasteiger partial charge in [0.25, 0.3) is 0 Å². The Hall–Kier alpha value is -4.00. The summed E-state index contributed by atoms with van der Waals surface area (Å²) in [5.41, 5.74) is 4.81. The monoisotopic (exact) mass is 542 g/mol. The largest absolute Gasteiger partial charge is 0.340 e. The Labute approximate surface area is 225 Å². The van der Waals surface area contributed by atoms with Crippen LogP contribution in [0.4, 0.5) is 3.89 Å². The Morgan fingerprint density at radius 3 is 2.54 bits per heavy atom. The smallest absolute Gasteiger partial charge is 0.332 e. The van der Waals surface area contributed by atoms with Gasteiger partial charge in [-0.05, 0) is 92.5 Å². The lowest BCUT2D eigenvalue weighted by molar-refractivity contribution is 0.226. The summed E-state index contributed by atoms with van der Waals surface area (Å²) in [6, 6.07) is 17.3. The number of rotatable bonds is 4. The van der Waals surface area contributed by atoms with Crippen molar-refractivity contribution in [3.05, 3.63) is 75.9 Å². The number of nitrogens with zero attached hydrogens (tertiary/aromatic N) is 3. The van der Waals surface area contributed by atoms with E-state index >= 15 is 0 Å². The normalized spacial score (nSPS) is 15.3. The van der Waals surface area contributed by atoms with Gasteiger partial charge in [0.1, 0.15) is 5.65 Å². The van der Waals surface area contributed by atoms with Crippen LogP contribution in [0.5, 0.6) is 0 Å². The number of aryl methyl sites for hydroxylation is 1. The topological polar surface area (TPSA) is 99.0 Å². The van der Waals surface area contributed by atoms with Crippen molar-refractivity contribution < 1.29 is 12.3 Å². The van der Waals surface area contributed by atoms with Crippen LogP contribution in [0.25, 0.3) is 44.0 Å². The number of hydrogen-bond acceptors (Lipinski definition) is 5. The minimum Gasteiger partial charge on any atom is -0.340 e. The first-order valence-electron chi connectivity index (χ1n) is 13.0. The molecule has 9 heteroatoms. The molecule has 39 heavy (non-hydrogen) atoms. The number of benzene rings is 3. The van der Waals surface area contributed by atoms with E-state index in [9.17, 15) is 22.4 Å². The molecule has 0 unspecified atom stereocenters. The van der Waals surface area contributed by atoms with Crippen LogP contribution in [0.2, 0.25) is 0 Å². The molecule has 1 fully saturated rings. The van der Waals surface area contributed by atoms with Crippen molar-refractivity contribution in [2.24, 2.45) is 0 Å². The summed E-state index contributed by atoms with van der Waals surface area (Å²) in [6.45, 7) is 3.80. The number of aromatic nitrogens is 2. The summed E-state index contributed by atoms with van der Waals surface area (Å²) in [5, 5.41) is 11.4. The fraction of sp³-hybridized carbons (Fsp3) is 0.267. The minimum atomic E-state index is -4.87. The highest BCUT2D eigenvalue weighted by Crippen LogP contribution is 2.36. The maximum Gasteiger partial charge on any atom is 0.332 e. The Bertz CT molecular complexity index is 2000. The number of hydrogen-bond donors (Lipinski definition) is 1. The highest BCUT2D eigenvalue weighted by molar-refractivity contribution is 7.86. The third-order valence-electron chi connectivity index (χ3n) is 7.96. The molecule has 3 aromatic carbocycles. The molecule has 0 aliphatic carbocycles. The van der Waals surface area contributed by atoms with Gasteiger partial charge in [-0.3, -0.25) is 4.79 Å². The average Bonchev–Trinajstić information content (AvgIpc) is 3.31. The molecular formula is C30H27FN4O3S. The third kappa shape index (κ3) is 4.20. The summed E-state index contributed by atoms with van der Waals surface area (Å²) in [5.74, 6) is 0. The van der Waals surface area contributed by atoms with E-state index in [1.54, 1.807) is 18.2 Å². The first-order chi connectivity index (χ1) is 18.7. The van der Waals surface area contributed by atoms with Gasteiger partial charge < -0.3 is 14.5 Å². The first kappa shape index (κ1) is 25.3. The second-order valence-electron chi connectivity index (χ2n) is 10.3. The molecule has 0 amide bonds. The highest BCUT2D eigenvalue weighted by Gasteiger charge is 2.25.